The van der Waals surface area contributed by atoms with Crippen molar-refractivity contribution in [3.63, 3.8) is 0 Å². The van der Waals surface area contributed by atoms with Crippen molar-refractivity contribution in [2.45, 2.75) is 121 Å². The topological polar surface area (TPSA) is 178 Å². The minimum atomic E-state index is -1.04. The average molecular weight is 754 g/mol. The highest BCUT2D eigenvalue weighted by Gasteiger charge is 2.36. The van der Waals surface area contributed by atoms with Crippen LogP contribution in [0.1, 0.15) is 83.4 Å². The van der Waals surface area contributed by atoms with Gasteiger partial charge in [-0.1, -0.05) is 62.4 Å². The molecule has 0 spiro atoms. The Kier molecular flexibility index (Phi) is 15.0. The molecule has 1 unspecified atom stereocenters. The molecule has 2 bridgehead atoms. The number of amides is 4. The van der Waals surface area contributed by atoms with E-state index in [1.54, 1.807) is 27.0 Å². The van der Waals surface area contributed by atoms with Crippen LogP contribution in [0.4, 0.5) is 4.79 Å². The summed E-state index contributed by atoms with van der Waals surface area (Å²) in [5, 5.41) is 23.4. The standard InChI is InChI=1S/C39H59N7O6S/c1-39(2,3)52-38(51)45-31(19-27-12-8-5-9-13-27)36(49)44-32(20-29-21-40-25-41-29)37(50)43-30(18-26-10-6-4-7-11-26)34(47)23-53-24-35(48)42-33-22-46-16-14-28(33)15-17-46/h5,8-9,12-13,21,25-26,28,30-34,47H,4,6-7,10-11,14-20,22-24H2,1-3H3,(H,40,41)(H,42,48)(H,43,50)(H,44,49)(H,45,51)/t30-,31-,32-,33?,34-/m0/s1. The van der Waals surface area contributed by atoms with E-state index in [4.69, 9.17) is 4.74 Å². The van der Waals surface area contributed by atoms with Crippen molar-refractivity contribution in [2.75, 3.05) is 31.1 Å². The first-order chi connectivity index (χ1) is 25.4. The number of aromatic amines is 1. The molecule has 2 aromatic rings. The van der Waals surface area contributed by atoms with Crippen LogP contribution in [0.2, 0.25) is 0 Å². The largest absolute Gasteiger partial charge is 0.444 e. The summed E-state index contributed by atoms with van der Waals surface area (Å²) in [7, 11) is 0. The maximum atomic E-state index is 14.2. The predicted octanol–water partition coefficient (Wildman–Crippen LogP) is 3.33. The number of aliphatic hydroxyl groups excluding tert-OH is 1. The highest BCUT2D eigenvalue weighted by molar-refractivity contribution is 7.99. The quantitative estimate of drug-likeness (QED) is 0.142. The number of nitrogens with zero attached hydrogens (tertiary/aromatic N) is 2. The fourth-order valence-electron chi connectivity index (χ4n) is 7.75. The first kappa shape index (κ1) is 40.6. The van der Waals surface area contributed by atoms with Crippen molar-refractivity contribution in [1.29, 1.82) is 0 Å². The number of imidazole rings is 1. The molecule has 53 heavy (non-hydrogen) atoms. The van der Waals surface area contributed by atoms with E-state index in [-0.39, 0.29) is 36.3 Å². The number of thioether (sulfide) groups is 1. The Balaban J connectivity index is 1.25. The molecular weight excluding hydrogens is 695 g/mol. The average Bonchev–Trinajstić information content (AvgIpc) is 3.64. The molecule has 13 nitrogen and oxygen atoms in total. The van der Waals surface area contributed by atoms with Gasteiger partial charge in [0.25, 0.3) is 0 Å². The van der Waals surface area contributed by atoms with Gasteiger partial charge in [0.2, 0.25) is 17.7 Å². The predicted molar refractivity (Wildman–Crippen MR) is 205 cm³/mol. The summed E-state index contributed by atoms with van der Waals surface area (Å²) in [6.07, 6.45) is 10.1. The van der Waals surface area contributed by atoms with Crippen LogP contribution >= 0.6 is 11.8 Å². The minimum absolute atomic E-state index is 0.0267. The van der Waals surface area contributed by atoms with E-state index in [9.17, 15) is 24.3 Å². The van der Waals surface area contributed by atoms with Gasteiger partial charge in [-0.3, -0.25) is 14.4 Å². The van der Waals surface area contributed by atoms with E-state index in [2.05, 4.69) is 36.1 Å². The molecule has 5 atom stereocenters. The van der Waals surface area contributed by atoms with Gasteiger partial charge in [0.05, 0.1) is 24.2 Å². The maximum absolute atomic E-state index is 14.2. The third-order valence-electron chi connectivity index (χ3n) is 10.5. The Morgan fingerprint density at radius 2 is 1.66 bits per heavy atom. The summed E-state index contributed by atoms with van der Waals surface area (Å²) in [4.78, 5) is 63.4. The van der Waals surface area contributed by atoms with E-state index < -0.39 is 47.7 Å². The van der Waals surface area contributed by atoms with Crippen molar-refractivity contribution in [3.05, 3.63) is 54.1 Å². The van der Waals surface area contributed by atoms with Crippen LogP contribution in [0.5, 0.6) is 0 Å². The molecule has 292 valence electrons. The first-order valence-electron chi connectivity index (χ1n) is 19.3. The zero-order valence-electron chi connectivity index (χ0n) is 31.5. The smallest absolute Gasteiger partial charge is 0.408 e. The van der Waals surface area contributed by atoms with Crippen LogP contribution in [0.15, 0.2) is 42.9 Å². The number of aromatic nitrogens is 2. The number of fused-ring (bicyclic) bond motifs is 3. The van der Waals surface area contributed by atoms with Gasteiger partial charge in [0.15, 0.2) is 0 Å². The molecular formula is C39H59N7O6S. The normalized spacial score (nSPS) is 22.5. The number of hydrogen-bond donors (Lipinski definition) is 6. The summed E-state index contributed by atoms with van der Waals surface area (Å²) < 4.78 is 5.46. The van der Waals surface area contributed by atoms with E-state index in [1.165, 1.54) is 24.5 Å². The van der Waals surface area contributed by atoms with E-state index in [0.29, 0.717) is 24.0 Å². The minimum Gasteiger partial charge on any atom is -0.444 e. The second-order valence-electron chi connectivity index (χ2n) is 16.0. The lowest BCUT2D eigenvalue weighted by atomic mass is 9.83. The Bertz CT molecular complexity index is 1460. The van der Waals surface area contributed by atoms with Gasteiger partial charge in [-0.05, 0) is 70.5 Å². The molecule has 14 heteroatoms. The maximum Gasteiger partial charge on any atom is 0.408 e. The molecule has 4 amide bonds. The molecule has 3 saturated heterocycles. The Morgan fingerprint density at radius 1 is 0.962 bits per heavy atom. The number of hydrogen-bond acceptors (Lipinski definition) is 9. The lowest BCUT2D eigenvalue weighted by molar-refractivity contribution is -0.130. The van der Waals surface area contributed by atoms with Crippen LogP contribution in [-0.4, -0.2) is 111 Å². The van der Waals surface area contributed by atoms with Gasteiger partial charge in [0.1, 0.15) is 17.7 Å². The van der Waals surface area contributed by atoms with Gasteiger partial charge in [-0.25, -0.2) is 9.78 Å². The summed E-state index contributed by atoms with van der Waals surface area (Å²) >= 11 is 1.37. The number of benzene rings is 1. The Morgan fingerprint density at radius 3 is 2.30 bits per heavy atom. The van der Waals surface area contributed by atoms with Gasteiger partial charge in [-0.2, -0.15) is 0 Å². The van der Waals surface area contributed by atoms with Crippen LogP contribution in [-0.2, 0) is 32.0 Å². The highest BCUT2D eigenvalue weighted by Crippen LogP contribution is 2.29. The summed E-state index contributed by atoms with van der Waals surface area (Å²) in [5.74, 6) is 0.371. The second-order valence-corrected chi connectivity index (χ2v) is 17.0. The number of rotatable bonds is 17. The van der Waals surface area contributed by atoms with Crippen molar-refractivity contribution >= 4 is 35.6 Å². The first-order valence-corrected chi connectivity index (χ1v) is 20.5. The third-order valence-corrected chi connectivity index (χ3v) is 11.6. The lowest BCUT2D eigenvalue weighted by Crippen LogP contribution is -2.58. The molecule has 4 heterocycles. The number of piperidine rings is 3. The number of H-pyrrole nitrogens is 1. The summed E-state index contributed by atoms with van der Waals surface area (Å²) in [5.41, 5.74) is 0.688. The molecule has 1 saturated carbocycles. The third kappa shape index (κ3) is 13.3. The number of nitrogens with one attached hydrogen (secondary N) is 5. The molecule has 1 aliphatic carbocycles. The van der Waals surface area contributed by atoms with Crippen LogP contribution in [0, 0.1) is 11.8 Å². The monoisotopic (exact) mass is 753 g/mol. The van der Waals surface area contributed by atoms with Gasteiger partial charge < -0.3 is 41.0 Å². The zero-order valence-corrected chi connectivity index (χ0v) is 32.3. The lowest BCUT2D eigenvalue weighted by Gasteiger charge is -2.44. The summed E-state index contributed by atoms with van der Waals surface area (Å²) in [6.45, 7) is 8.35. The number of alkyl carbamates (subject to hydrolysis) is 1. The molecule has 4 aliphatic rings. The van der Waals surface area contributed by atoms with E-state index in [1.807, 2.05) is 30.3 Å². The van der Waals surface area contributed by atoms with E-state index >= 15 is 0 Å². The van der Waals surface area contributed by atoms with Crippen LogP contribution in [0.3, 0.4) is 0 Å². The van der Waals surface area contributed by atoms with E-state index in [0.717, 1.165) is 63.7 Å². The van der Waals surface area contributed by atoms with Gasteiger partial charge in [-0.15, -0.1) is 11.8 Å². The van der Waals surface area contributed by atoms with Gasteiger partial charge in [0, 0.05) is 43.1 Å². The molecule has 1 aromatic carbocycles. The molecule has 6 rings (SSSR count). The molecule has 3 aliphatic heterocycles. The highest BCUT2D eigenvalue weighted by atomic mass is 32.2. The fraction of sp³-hybridized carbons (Fsp3) is 0.667. The number of carbonyl (C=O) groups is 4. The molecule has 4 fully saturated rings. The number of carbonyl (C=O) groups excluding carboxylic acids is 4. The molecule has 1 aromatic heterocycles. The number of ether oxygens (including phenoxy) is 1. The van der Waals surface area contributed by atoms with Gasteiger partial charge >= 0.3 is 6.09 Å². The molecule has 6 N–H and O–H groups in total. The van der Waals surface area contributed by atoms with Crippen molar-refractivity contribution in [1.82, 2.24) is 36.1 Å². The Labute approximate surface area is 317 Å². The fourth-order valence-corrected chi connectivity index (χ4v) is 8.61. The van der Waals surface area contributed by atoms with Crippen LogP contribution in [0.25, 0.3) is 0 Å². The SMILES string of the molecule is CC(C)(C)OC(=O)N[C@@H](Cc1ccccc1)C(=O)N[C@@H](Cc1cnc[nH]1)C(=O)N[C@@H](CC1CCCCC1)[C@@H](O)CSCC(=O)NC1CN2CCC1CC2. The Hall–Kier alpha value is -3.62. The number of aliphatic hydroxyl groups is 1. The van der Waals surface area contributed by atoms with Crippen LogP contribution < -0.4 is 21.3 Å². The van der Waals surface area contributed by atoms with Crippen molar-refractivity contribution in [3.8, 4) is 0 Å². The summed E-state index contributed by atoms with van der Waals surface area (Å²) in [6, 6.07) is 6.84. The van der Waals surface area contributed by atoms with Crippen molar-refractivity contribution in [2.24, 2.45) is 11.8 Å². The zero-order chi connectivity index (χ0) is 37.8. The second kappa shape index (κ2) is 19.6. The molecule has 0 radical (unpaired) electrons. The van der Waals surface area contributed by atoms with Crippen molar-refractivity contribution < 1.29 is 29.0 Å².